The highest BCUT2D eigenvalue weighted by atomic mass is 16.5. The highest BCUT2D eigenvalue weighted by Gasteiger charge is 2.25. The van der Waals surface area contributed by atoms with Crippen LogP contribution in [-0.4, -0.2) is 55.5 Å². The van der Waals surface area contributed by atoms with Gasteiger partial charge in [0, 0.05) is 13.2 Å². The highest BCUT2D eigenvalue weighted by Crippen LogP contribution is 2.01. The molecule has 0 spiro atoms. The zero-order chi connectivity index (χ0) is 14.0. The Balaban J connectivity index is 4.59. The lowest BCUT2D eigenvalue weighted by Crippen LogP contribution is -2.44. The molecule has 0 aliphatic carbocycles. The molecule has 0 aliphatic rings. The minimum Gasteiger partial charge on any atom is -0.465 e. The van der Waals surface area contributed by atoms with Crippen LogP contribution < -0.4 is 0 Å². The van der Waals surface area contributed by atoms with E-state index in [-0.39, 0.29) is 19.8 Å². The summed E-state index contributed by atoms with van der Waals surface area (Å²) in [7, 11) is 0. The number of amides is 1. The van der Waals surface area contributed by atoms with Crippen molar-refractivity contribution in [1.29, 1.82) is 0 Å². The van der Waals surface area contributed by atoms with E-state index in [9.17, 15) is 14.4 Å². The van der Waals surface area contributed by atoms with Crippen LogP contribution in [0.1, 0.15) is 27.2 Å². The van der Waals surface area contributed by atoms with Crippen molar-refractivity contribution in [2.45, 2.75) is 33.3 Å². The van der Waals surface area contributed by atoms with E-state index >= 15 is 0 Å². The monoisotopic (exact) mass is 259 g/mol. The molecule has 0 saturated heterocycles. The lowest BCUT2D eigenvalue weighted by atomic mass is 10.3. The Morgan fingerprint density at radius 3 is 2.33 bits per heavy atom. The van der Waals surface area contributed by atoms with Crippen LogP contribution in [0.25, 0.3) is 0 Å². The Morgan fingerprint density at radius 1 is 1.22 bits per heavy atom. The summed E-state index contributed by atoms with van der Waals surface area (Å²) in [4.78, 5) is 35.4. The summed E-state index contributed by atoms with van der Waals surface area (Å²) in [6.07, 6.45) is -0.0151. The van der Waals surface area contributed by atoms with Crippen molar-refractivity contribution < 1.29 is 23.9 Å². The quantitative estimate of drug-likeness (QED) is 0.340. The molecule has 6 heteroatoms. The second kappa shape index (κ2) is 9.58. The highest BCUT2D eigenvalue weighted by molar-refractivity contribution is 5.96. The van der Waals surface area contributed by atoms with Crippen molar-refractivity contribution >= 4 is 18.2 Å². The fraction of sp³-hybridized carbons (Fsp3) is 0.750. The van der Waals surface area contributed by atoms with Gasteiger partial charge in [-0.05, 0) is 20.3 Å². The smallest absolute Gasteiger partial charge is 0.325 e. The largest absolute Gasteiger partial charge is 0.465 e. The van der Waals surface area contributed by atoms with Gasteiger partial charge in [-0.2, -0.15) is 0 Å². The summed E-state index contributed by atoms with van der Waals surface area (Å²) >= 11 is 0. The number of aldehydes is 1. The summed E-state index contributed by atoms with van der Waals surface area (Å²) in [5.74, 6) is -0.984. The topological polar surface area (TPSA) is 72.9 Å². The van der Waals surface area contributed by atoms with E-state index in [1.165, 1.54) is 4.90 Å². The van der Waals surface area contributed by atoms with Gasteiger partial charge in [-0.1, -0.05) is 6.92 Å². The van der Waals surface area contributed by atoms with Crippen molar-refractivity contribution in [3.8, 4) is 0 Å². The molecule has 0 fully saturated rings. The van der Waals surface area contributed by atoms with Crippen molar-refractivity contribution in [3.63, 3.8) is 0 Å². The third-order valence-corrected chi connectivity index (χ3v) is 2.14. The van der Waals surface area contributed by atoms with Crippen LogP contribution in [0, 0.1) is 0 Å². The number of carbonyl (C=O) groups excluding carboxylic acids is 3. The van der Waals surface area contributed by atoms with Crippen molar-refractivity contribution in [2.24, 2.45) is 0 Å². The third kappa shape index (κ3) is 5.77. The van der Waals surface area contributed by atoms with E-state index in [0.29, 0.717) is 19.3 Å². The van der Waals surface area contributed by atoms with E-state index in [0.717, 1.165) is 0 Å². The number of hydrogen-bond donors (Lipinski definition) is 0. The summed E-state index contributed by atoms with van der Waals surface area (Å²) < 4.78 is 9.79. The first kappa shape index (κ1) is 16.6. The molecule has 0 aromatic carbocycles. The van der Waals surface area contributed by atoms with Gasteiger partial charge in [-0.3, -0.25) is 14.4 Å². The molecule has 0 aromatic heterocycles. The molecule has 0 bridgehead atoms. The molecule has 0 N–H and O–H groups in total. The molecular weight excluding hydrogens is 238 g/mol. The number of esters is 1. The van der Waals surface area contributed by atoms with Crippen LogP contribution in [0.3, 0.4) is 0 Å². The van der Waals surface area contributed by atoms with Crippen molar-refractivity contribution in [1.82, 2.24) is 4.90 Å². The number of carbonyl (C=O) groups is 3. The van der Waals surface area contributed by atoms with Gasteiger partial charge >= 0.3 is 5.97 Å². The van der Waals surface area contributed by atoms with Gasteiger partial charge in [0.1, 0.15) is 6.54 Å². The molecule has 18 heavy (non-hydrogen) atoms. The average Bonchev–Trinajstić information content (AvgIpc) is 2.35. The maximum absolute atomic E-state index is 12.0. The van der Waals surface area contributed by atoms with Crippen LogP contribution in [0.15, 0.2) is 0 Å². The van der Waals surface area contributed by atoms with Crippen LogP contribution in [0.4, 0.5) is 0 Å². The Hall–Kier alpha value is -1.43. The number of ether oxygens (including phenoxy) is 2. The molecule has 0 heterocycles. The van der Waals surface area contributed by atoms with Gasteiger partial charge < -0.3 is 14.4 Å². The van der Waals surface area contributed by atoms with Gasteiger partial charge in [-0.25, -0.2) is 0 Å². The number of rotatable bonds is 9. The first-order valence-electron chi connectivity index (χ1n) is 6.11. The number of hydrogen-bond acceptors (Lipinski definition) is 5. The Morgan fingerprint density at radius 2 is 1.89 bits per heavy atom. The summed E-state index contributed by atoms with van der Waals surface area (Å²) in [5, 5.41) is 0. The summed E-state index contributed by atoms with van der Waals surface area (Å²) in [5.41, 5.74) is 0. The third-order valence-electron chi connectivity index (χ3n) is 2.14. The Kier molecular flexibility index (Phi) is 8.82. The van der Waals surface area contributed by atoms with Gasteiger partial charge in [0.25, 0.3) is 5.91 Å². The SMILES string of the molecule is CCCN(CC(=O)OCC)C(=O)C(C=O)OCC. The van der Waals surface area contributed by atoms with Gasteiger partial charge in [0.05, 0.1) is 6.61 Å². The zero-order valence-electron chi connectivity index (χ0n) is 11.2. The minimum atomic E-state index is -1.14. The van der Waals surface area contributed by atoms with Crippen LogP contribution in [0.5, 0.6) is 0 Å². The number of nitrogens with zero attached hydrogens (tertiary/aromatic N) is 1. The lowest BCUT2D eigenvalue weighted by Gasteiger charge is -2.23. The second-order valence-electron chi connectivity index (χ2n) is 3.58. The fourth-order valence-electron chi connectivity index (χ4n) is 1.43. The molecule has 1 unspecified atom stereocenters. The van der Waals surface area contributed by atoms with E-state index in [4.69, 9.17) is 9.47 Å². The van der Waals surface area contributed by atoms with Gasteiger partial charge in [-0.15, -0.1) is 0 Å². The maximum atomic E-state index is 12.0. The van der Waals surface area contributed by atoms with Crippen molar-refractivity contribution in [3.05, 3.63) is 0 Å². The van der Waals surface area contributed by atoms with Crippen molar-refractivity contribution in [2.75, 3.05) is 26.3 Å². The lowest BCUT2D eigenvalue weighted by molar-refractivity contribution is -0.154. The Bertz CT molecular complexity index is 280. The fourth-order valence-corrected chi connectivity index (χ4v) is 1.43. The van der Waals surface area contributed by atoms with Gasteiger partial charge in [0.2, 0.25) is 0 Å². The molecular formula is C12H21NO5. The van der Waals surface area contributed by atoms with Crippen LogP contribution in [-0.2, 0) is 23.9 Å². The molecule has 0 rings (SSSR count). The normalized spacial score (nSPS) is 11.7. The molecule has 0 aromatic rings. The van der Waals surface area contributed by atoms with E-state index in [1.54, 1.807) is 13.8 Å². The second-order valence-corrected chi connectivity index (χ2v) is 3.58. The van der Waals surface area contributed by atoms with Crippen LogP contribution in [0.2, 0.25) is 0 Å². The van der Waals surface area contributed by atoms with Gasteiger partial charge in [0.15, 0.2) is 12.4 Å². The summed E-state index contributed by atoms with van der Waals surface area (Å²) in [6.45, 7) is 6.01. The van der Waals surface area contributed by atoms with E-state index in [2.05, 4.69) is 0 Å². The first-order valence-corrected chi connectivity index (χ1v) is 6.11. The molecule has 0 radical (unpaired) electrons. The van der Waals surface area contributed by atoms with E-state index in [1.807, 2.05) is 6.92 Å². The maximum Gasteiger partial charge on any atom is 0.325 e. The average molecular weight is 259 g/mol. The minimum absolute atomic E-state index is 0.155. The molecule has 1 amide bonds. The molecule has 1 atom stereocenters. The predicted molar refractivity (Wildman–Crippen MR) is 65.0 cm³/mol. The predicted octanol–water partition coefficient (Wildman–Crippen LogP) is 0.392. The molecule has 0 aliphatic heterocycles. The zero-order valence-corrected chi connectivity index (χ0v) is 11.2. The standard InChI is InChI=1S/C12H21NO5/c1-4-7-13(8-11(15)18-6-3)12(16)10(9-14)17-5-2/h9-10H,4-8H2,1-3H3. The molecule has 6 nitrogen and oxygen atoms in total. The van der Waals surface area contributed by atoms with Crippen LogP contribution >= 0.6 is 0 Å². The first-order chi connectivity index (χ1) is 8.60. The Labute approximate surface area is 107 Å². The molecule has 104 valence electrons. The molecule has 0 saturated carbocycles. The summed E-state index contributed by atoms with van der Waals surface area (Å²) in [6, 6.07) is 0. The van der Waals surface area contributed by atoms with E-state index < -0.39 is 18.0 Å².